The van der Waals surface area contributed by atoms with Crippen molar-refractivity contribution in [2.75, 3.05) is 6.61 Å². The van der Waals surface area contributed by atoms with E-state index in [4.69, 9.17) is 4.74 Å². The zero-order valence-electron chi connectivity index (χ0n) is 10.4. The highest BCUT2D eigenvalue weighted by Crippen LogP contribution is 2.37. The molecule has 104 valence electrons. The number of allylic oxidation sites excluding steroid dienone is 1. The zero-order valence-corrected chi connectivity index (χ0v) is 10.4. The van der Waals surface area contributed by atoms with Crippen molar-refractivity contribution in [3.8, 4) is 0 Å². The molecule has 19 heavy (non-hydrogen) atoms. The Kier molecular flexibility index (Phi) is 3.68. The average Bonchev–Trinajstić information content (AvgIpc) is 2.73. The minimum absolute atomic E-state index is 0.372. The van der Waals surface area contributed by atoms with Gasteiger partial charge in [0.2, 0.25) is 0 Å². The van der Waals surface area contributed by atoms with Gasteiger partial charge in [0.1, 0.15) is 11.8 Å². The third kappa shape index (κ3) is 2.82. The number of nitrogens with zero attached hydrogens (tertiary/aromatic N) is 1. The van der Waals surface area contributed by atoms with Crippen molar-refractivity contribution in [2.45, 2.75) is 31.6 Å². The Morgan fingerprint density at radius 1 is 1.74 bits per heavy atom. The molecule has 2 rings (SSSR count). The summed E-state index contributed by atoms with van der Waals surface area (Å²) in [5.74, 6) is -0.455. The van der Waals surface area contributed by atoms with Crippen molar-refractivity contribution in [3.63, 3.8) is 0 Å². The van der Waals surface area contributed by atoms with Crippen LogP contribution in [0, 0.1) is 0 Å². The second-order valence-corrected chi connectivity index (χ2v) is 4.58. The molecule has 6 nitrogen and oxygen atoms in total. The molecule has 0 aliphatic carbocycles. The van der Waals surface area contributed by atoms with Crippen LogP contribution < -0.4 is 11.2 Å². The van der Waals surface area contributed by atoms with Gasteiger partial charge in [0, 0.05) is 12.3 Å². The van der Waals surface area contributed by atoms with E-state index in [-0.39, 0.29) is 6.61 Å². The van der Waals surface area contributed by atoms with Crippen LogP contribution in [0.2, 0.25) is 0 Å². The van der Waals surface area contributed by atoms with Crippen molar-refractivity contribution < 1.29 is 14.2 Å². The van der Waals surface area contributed by atoms with Gasteiger partial charge in [-0.15, -0.1) is 0 Å². The fourth-order valence-corrected chi connectivity index (χ4v) is 2.24. The number of aliphatic hydroxyl groups is 1. The lowest BCUT2D eigenvalue weighted by Gasteiger charge is -2.24. The number of hydrogen-bond acceptors (Lipinski definition) is 4. The van der Waals surface area contributed by atoms with Gasteiger partial charge in [-0.2, -0.15) is 0 Å². The molecule has 2 atom stereocenters. The number of hydrogen-bond donors (Lipinski definition) is 2. The number of halogens is 1. The van der Waals surface area contributed by atoms with Gasteiger partial charge in [-0.3, -0.25) is 14.3 Å². The Balaban J connectivity index is 2.29. The number of ether oxygens (including phenoxy) is 1. The molecule has 7 heteroatoms. The summed E-state index contributed by atoms with van der Waals surface area (Å²) < 4.78 is 19.8. The lowest BCUT2D eigenvalue weighted by molar-refractivity contribution is -0.0715. The minimum Gasteiger partial charge on any atom is -0.393 e. The topological polar surface area (TPSA) is 84.3 Å². The minimum atomic E-state index is -1.11. The molecule has 0 amide bonds. The smallest absolute Gasteiger partial charge is 0.330 e. The molecule has 0 spiro atoms. The van der Waals surface area contributed by atoms with E-state index < -0.39 is 28.9 Å². The molecule has 1 aromatic heterocycles. The van der Waals surface area contributed by atoms with Crippen LogP contribution in [0.4, 0.5) is 4.39 Å². The molecule has 0 aromatic carbocycles. The van der Waals surface area contributed by atoms with E-state index in [0.29, 0.717) is 12.8 Å². The number of rotatable bonds is 3. The second-order valence-electron chi connectivity index (χ2n) is 4.58. The molecule has 1 fully saturated rings. The van der Waals surface area contributed by atoms with Gasteiger partial charge >= 0.3 is 5.69 Å². The predicted octanol–water partition coefficient (Wildman–Crippen LogP) is 0.450. The molecule has 2 heterocycles. The van der Waals surface area contributed by atoms with E-state index in [0.717, 1.165) is 0 Å². The van der Waals surface area contributed by atoms with E-state index in [1.165, 1.54) is 29.8 Å². The van der Waals surface area contributed by atoms with E-state index in [2.05, 4.69) is 4.98 Å². The first-order valence-corrected chi connectivity index (χ1v) is 5.91. The summed E-state index contributed by atoms with van der Waals surface area (Å²) in [7, 11) is 0. The van der Waals surface area contributed by atoms with Crippen LogP contribution in [-0.2, 0) is 4.74 Å². The van der Waals surface area contributed by atoms with Crippen molar-refractivity contribution in [1.82, 2.24) is 9.55 Å². The molecule has 0 saturated carbocycles. The van der Waals surface area contributed by atoms with Crippen LogP contribution >= 0.6 is 0 Å². The summed E-state index contributed by atoms with van der Waals surface area (Å²) in [6.45, 7) is 0.892. The lowest BCUT2D eigenvalue weighted by Crippen LogP contribution is -2.35. The van der Waals surface area contributed by atoms with Gasteiger partial charge in [0.15, 0.2) is 0 Å². The first kappa shape index (κ1) is 13.7. The number of nitrogens with one attached hydrogen (secondary N) is 1. The Bertz CT molecular complexity index is 602. The van der Waals surface area contributed by atoms with Gasteiger partial charge in [-0.1, -0.05) is 0 Å². The second kappa shape index (κ2) is 5.10. The quantitative estimate of drug-likeness (QED) is 0.835. The summed E-state index contributed by atoms with van der Waals surface area (Å²) in [6.07, 6.45) is 2.74. The highest BCUT2D eigenvalue weighted by Gasteiger charge is 2.39. The molecular weight excluding hydrogens is 255 g/mol. The number of aliphatic hydroxyl groups excluding tert-OH is 1. The van der Waals surface area contributed by atoms with E-state index in [1.54, 1.807) is 0 Å². The maximum absolute atomic E-state index is 13.0. The maximum Gasteiger partial charge on any atom is 0.330 e. The highest BCUT2D eigenvalue weighted by atomic mass is 19.1. The summed E-state index contributed by atoms with van der Waals surface area (Å²) in [5.41, 5.74) is -2.20. The molecule has 0 radical (unpaired) electrons. The Morgan fingerprint density at radius 3 is 3.05 bits per heavy atom. The Labute approximate surface area is 108 Å². The molecule has 1 unspecified atom stereocenters. The zero-order chi connectivity index (χ0) is 14.0. The normalized spacial score (nSPS) is 27.7. The molecule has 2 N–H and O–H groups in total. The SMILES string of the molecule is C/C(F)=C/[C@@]1(CO)CCC(n2ccc(=O)[nH]c2=O)O1. The third-order valence-electron chi connectivity index (χ3n) is 3.08. The van der Waals surface area contributed by atoms with Crippen molar-refractivity contribution >= 4 is 0 Å². The Morgan fingerprint density at radius 2 is 2.47 bits per heavy atom. The van der Waals surface area contributed by atoms with Crippen molar-refractivity contribution in [1.29, 1.82) is 0 Å². The van der Waals surface area contributed by atoms with E-state index in [1.807, 2.05) is 0 Å². The summed E-state index contributed by atoms with van der Waals surface area (Å²) >= 11 is 0. The van der Waals surface area contributed by atoms with Crippen molar-refractivity contribution in [2.24, 2.45) is 0 Å². The monoisotopic (exact) mass is 270 g/mol. The van der Waals surface area contributed by atoms with Crippen LogP contribution in [0.1, 0.15) is 26.0 Å². The molecule has 1 aliphatic rings. The molecule has 1 aliphatic heterocycles. The number of aromatic nitrogens is 2. The van der Waals surface area contributed by atoms with Crippen LogP contribution in [0.25, 0.3) is 0 Å². The van der Waals surface area contributed by atoms with Gasteiger partial charge < -0.3 is 9.84 Å². The van der Waals surface area contributed by atoms with Gasteiger partial charge in [-0.25, -0.2) is 9.18 Å². The van der Waals surface area contributed by atoms with Crippen LogP contribution in [0.3, 0.4) is 0 Å². The number of H-pyrrole nitrogens is 1. The van der Waals surface area contributed by atoms with Gasteiger partial charge in [0.25, 0.3) is 5.56 Å². The molecule has 1 aromatic rings. The first-order valence-electron chi connectivity index (χ1n) is 5.91. The summed E-state index contributed by atoms with van der Waals surface area (Å²) in [5, 5.41) is 9.36. The first-order chi connectivity index (χ1) is 8.96. The fraction of sp³-hybridized carbons (Fsp3) is 0.500. The number of aromatic amines is 1. The Hall–Kier alpha value is -1.73. The van der Waals surface area contributed by atoms with Gasteiger partial charge in [0.05, 0.1) is 12.4 Å². The van der Waals surface area contributed by atoms with Crippen molar-refractivity contribution in [3.05, 3.63) is 45.0 Å². The predicted molar refractivity (Wildman–Crippen MR) is 65.4 cm³/mol. The van der Waals surface area contributed by atoms with Crippen LogP contribution in [0.5, 0.6) is 0 Å². The molecule has 0 bridgehead atoms. The summed E-state index contributed by atoms with van der Waals surface area (Å²) in [6, 6.07) is 1.21. The third-order valence-corrected chi connectivity index (χ3v) is 3.08. The van der Waals surface area contributed by atoms with Crippen LogP contribution in [-0.4, -0.2) is 26.9 Å². The van der Waals surface area contributed by atoms with Crippen LogP contribution in [0.15, 0.2) is 33.8 Å². The molecule has 1 saturated heterocycles. The maximum atomic E-state index is 13.0. The largest absolute Gasteiger partial charge is 0.393 e. The van der Waals surface area contributed by atoms with E-state index >= 15 is 0 Å². The molecular formula is C12H15FN2O4. The standard InChI is InChI=1S/C12H15FN2O4/c1-8(13)6-12(7-16)4-2-10(19-12)15-5-3-9(17)14-11(15)18/h3,5-6,10,16H,2,4,7H2,1H3,(H,14,17,18)/b8-6-/t10?,12-/m1/s1. The fourth-order valence-electron chi connectivity index (χ4n) is 2.24. The average molecular weight is 270 g/mol. The lowest BCUT2D eigenvalue weighted by atomic mass is 10.0. The van der Waals surface area contributed by atoms with Gasteiger partial charge in [-0.05, 0) is 25.8 Å². The summed E-state index contributed by atoms with van der Waals surface area (Å²) in [4.78, 5) is 24.7. The highest BCUT2D eigenvalue weighted by molar-refractivity contribution is 5.08. The van der Waals surface area contributed by atoms with E-state index in [9.17, 15) is 19.1 Å².